The molecule has 4 heteroatoms. The van der Waals surface area contributed by atoms with E-state index < -0.39 is 5.97 Å². The Morgan fingerprint density at radius 3 is 2.83 bits per heavy atom. The number of hydrogen-bond acceptors (Lipinski definition) is 3. The van der Waals surface area contributed by atoms with Gasteiger partial charge in [-0.1, -0.05) is 50.5 Å². The summed E-state index contributed by atoms with van der Waals surface area (Å²) in [5, 5.41) is 18.8. The standard InChI is InChI=1S/C20H32O4/c1-2-3-5-8-16(21)11-12-18-17(15-13-19(18)24-14-15)9-6-4-7-10-20(22)23/h6,9,11-12,15-19,21H,2-5,7-8,10,13-14H2,1H3,(H,22,23). The lowest BCUT2D eigenvalue weighted by Crippen LogP contribution is -2.26. The number of allylic oxidation sites excluding steroid dienone is 2. The van der Waals surface area contributed by atoms with Crippen LogP contribution in [-0.4, -0.2) is 35.0 Å². The van der Waals surface area contributed by atoms with Crippen LogP contribution in [0.15, 0.2) is 24.3 Å². The highest BCUT2D eigenvalue weighted by Crippen LogP contribution is 2.46. The van der Waals surface area contributed by atoms with E-state index in [0.717, 1.165) is 32.3 Å². The van der Waals surface area contributed by atoms with Gasteiger partial charge in [0.05, 0.1) is 18.8 Å². The molecule has 1 saturated carbocycles. The number of aliphatic carboxylic acids is 1. The zero-order chi connectivity index (χ0) is 17.4. The molecule has 24 heavy (non-hydrogen) atoms. The summed E-state index contributed by atoms with van der Waals surface area (Å²) < 4.78 is 5.84. The summed E-state index contributed by atoms with van der Waals surface area (Å²) in [6.07, 6.45) is 15.5. The summed E-state index contributed by atoms with van der Waals surface area (Å²) in [5.41, 5.74) is 0. The maximum Gasteiger partial charge on any atom is 0.303 e. The fraction of sp³-hybridized carbons (Fsp3) is 0.750. The second kappa shape index (κ2) is 10.00. The van der Waals surface area contributed by atoms with Gasteiger partial charge in [0.1, 0.15) is 0 Å². The zero-order valence-corrected chi connectivity index (χ0v) is 14.8. The Labute approximate surface area is 145 Å². The van der Waals surface area contributed by atoms with Crippen molar-refractivity contribution < 1.29 is 19.7 Å². The summed E-state index contributed by atoms with van der Waals surface area (Å²) in [4.78, 5) is 10.5. The highest BCUT2D eigenvalue weighted by Gasteiger charge is 2.46. The Hall–Kier alpha value is -1.13. The molecule has 0 amide bonds. The molecule has 0 aromatic carbocycles. The van der Waals surface area contributed by atoms with Gasteiger partial charge in [-0.15, -0.1) is 0 Å². The van der Waals surface area contributed by atoms with Gasteiger partial charge >= 0.3 is 5.97 Å². The Balaban J connectivity index is 1.82. The topological polar surface area (TPSA) is 66.8 Å². The molecule has 136 valence electrons. The highest BCUT2D eigenvalue weighted by atomic mass is 16.5. The van der Waals surface area contributed by atoms with Crippen molar-refractivity contribution in [1.29, 1.82) is 0 Å². The SMILES string of the molecule is CCCCCC(O)C=CC1C2CC(CO2)C1C=CCCCC(=O)O. The summed E-state index contributed by atoms with van der Waals surface area (Å²) in [5.74, 6) is 0.653. The number of aliphatic hydroxyl groups excluding tert-OH is 1. The van der Waals surface area contributed by atoms with Crippen molar-refractivity contribution in [1.82, 2.24) is 0 Å². The van der Waals surface area contributed by atoms with Gasteiger partial charge in [0.25, 0.3) is 0 Å². The van der Waals surface area contributed by atoms with E-state index in [1.54, 1.807) is 0 Å². The summed E-state index contributed by atoms with van der Waals surface area (Å²) >= 11 is 0. The Bertz CT molecular complexity index is 443. The maximum atomic E-state index is 10.5. The van der Waals surface area contributed by atoms with Crippen molar-refractivity contribution in [3.8, 4) is 0 Å². The first kappa shape index (κ1) is 19.2. The van der Waals surface area contributed by atoms with Crippen molar-refractivity contribution in [3.05, 3.63) is 24.3 Å². The molecule has 2 fully saturated rings. The molecule has 1 saturated heterocycles. The first-order valence-electron chi connectivity index (χ1n) is 9.48. The molecule has 1 aliphatic carbocycles. The quantitative estimate of drug-likeness (QED) is 0.443. The molecular formula is C20H32O4. The molecule has 2 rings (SSSR count). The lowest BCUT2D eigenvalue weighted by Gasteiger charge is -2.27. The van der Waals surface area contributed by atoms with Crippen LogP contribution < -0.4 is 0 Å². The second-order valence-corrected chi connectivity index (χ2v) is 7.18. The predicted molar refractivity (Wildman–Crippen MR) is 94.7 cm³/mol. The van der Waals surface area contributed by atoms with Gasteiger partial charge in [0, 0.05) is 12.3 Å². The van der Waals surface area contributed by atoms with E-state index in [0.29, 0.717) is 24.2 Å². The first-order chi connectivity index (χ1) is 11.6. The number of rotatable bonds is 11. The van der Waals surface area contributed by atoms with Crippen LogP contribution in [0, 0.1) is 17.8 Å². The third-order valence-electron chi connectivity index (χ3n) is 5.26. The number of carboxylic acid groups (broad SMARTS) is 1. The van der Waals surface area contributed by atoms with E-state index in [9.17, 15) is 9.90 Å². The number of ether oxygens (including phenoxy) is 1. The Morgan fingerprint density at radius 2 is 2.08 bits per heavy atom. The summed E-state index contributed by atoms with van der Waals surface area (Å²) in [7, 11) is 0. The van der Waals surface area contributed by atoms with Crippen LogP contribution in [0.1, 0.15) is 58.3 Å². The van der Waals surface area contributed by atoms with Gasteiger partial charge in [-0.2, -0.15) is 0 Å². The van der Waals surface area contributed by atoms with Gasteiger partial charge in [-0.25, -0.2) is 0 Å². The lowest BCUT2D eigenvalue weighted by molar-refractivity contribution is -0.137. The van der Waals surface area contributed by atoms with Crippen LogP contribution in [0.4, 0.5) is 0 Å². The first-order valence-corrected chi connectivity index (χ1v) is 9.48. The molecule has 4 nitrogen and oxygen atoms in total. The van der Waals surface area contributed by atoms with Gasteiger partial charge in [-0.3, -0.25) is 4.79 Å². The van der Waals surface area contributed by atoms with Crippen molar-refractivity contribution in [2.45, 2.75) is 70.5 Å². The third-order valence-corrected chi connectivity index (χ3v) is 5.26. The smallest absolute Gasteiger partial charge is 0.303 e. The normalized spacial score (nSPS) is 30.6. The van der Waals surface area contributed by atoms with E-state index in [1.165, 1.54) is 12.8 Å². The summed E-state index contributed by atoms with van der Waals surface area (Å²) in [6.45, 7) is 3.00. The minimum Gasteiger partial charge on any atom is -0.481 e. The summed E-state index contributed by atoms with van der Waals surface area (Å²) in [6, 6.07) is 0. The number of unbranched alkanes of at least 4 members (excludes halogenated alkanes) is 3. The van der Waals surface area contributed by atoms with Crippen LogP contribution in [0.3, 0.4) is 0 Å². The van der Waals surface area contributed by atoms with Crippen molar-refractivity contribution in [2.24, 2.45) is 17.8 Å². The van der Waals surface area contributed by atoms with E-state index in [2.05, 4.69) is 25.2 Å². The Morgan fingerprint density at radius 1 is 1.25 bits per heavy atom. The van der Waals surface area contributed by atoms with Crippen molar-refractivity contribution in [2.75, 3.05) is 6.61 Å². The number of carboxylic acids is 1. The predicted octanol–water partition coefficient (Wildman–Crippen LogP) is 3.95. The molecule has 0 radical (unpaired) electrons. The molecule has 0 aromatic rings. The average molecular weight is 336 g/mol. The van der Waals surface area contributed by atoms with Crippen LogP contribution in [0.5, 0.6) is 0 Å². The average Bonchev–Trinajstić information content (AvgIpc) is 3.14. The molecule has 2 N–H and O–H groups in total. The number of hydrogen-bond donors (Lipinski definition) is 2. The molecular weight excluding hydrogens is 304 g/mol. The molecule has 5 atom stereocenters. The van der Waals surface area contributed by atoms with Crippen LogP contribution >= 0.6 is 0 Å². The molecule has 5 unspecified atom stereocenters. The molecule has 1 aliphatic heterocycles. The van der Waals surface area contributed by atoms with Gasteiger partial charge < -0.3 is 14.9 Å². The highest BCUT2D eigenvalue weighted by molar-refractivity contribution is 5.66. The van der Waals surface area contributed by atoms with Crippen LogP contribution in [0.2, 0.25) is 0 Å². The van der Waals surface area contributed by atoms with Crippen molar-refractivity contribution in [3.63, 3.8) is 0 Å². The van der Waals surface area contributed by atoms with Crippen LogP contribution in [-0.2, 0) is 9.53 Å². The fourth-order valence-corrected chi connectivity index (χ4v) is 3.90. The maximum absolute atomic E-state index is 10.5. The van der Waals surface area contributed by atoms with E-state index in [-0.39, 0.29) is 18.6 Å². The van der Waals surface area contributed by atoms with Gasteiger partial charge in [-0.05, 0) is 37.5 Å². The minimum absolute atomic E-state index is 0.234. The van der Waals surface area contributed by atoms with Gasteiger partial charge in [0.2, 0.25) is 0 Å². The minimum atomic E-state index is -0.727. The van der Waals surface area contributed by atoms with E-state index >= 15 is 0 Å². The lowest BCUT2D eigenvalue weighted by atomic mass is 9.86. The second-order valence-electron chi connectivity index (χ2n) is 7.18. The molecule has 0 aromatic heterocycles. The number of fused-ring (bicyclic) bond motifs is 2. The Kier molecular flexibility index (Phi) is 8.00. The van der Waals surface area contributed by atoms with E-state index in [1.807, 2.05) is 6.08 Å². The molecule has 2 bridgehead atoms. The molecule has 1 heterocycles. The largest absolute Gasteiger partial charge is 0.481 e. The zero-order valence-electron chi connectivity index (χ0n) is 14.8. The fourth-order valence-electron chi connectivity index (χ4n) is 3.90. The third kappa shape index (κ3) is 5.75. The molecule has 0 spiro atoms. The van der Waals surface area contributed by atoms with E-state index in [4.69, 9.17) is 9.84 Å². The number of aliphatic hydroxyl groups is 1. The van der Waals surface area contributed by atoms with Crippen LogP contribution in [0.25, 0.3) is 0 Å². The van der Waals surface area contributed by atoms with Gasteiger partial charge in [0.15, 0.2) is 0 Å². The number of carbonyl (C=O) groups is 1. The molecule has 2 aliphatic rings. The van der Waals surface area contributed by atoms with Crippen molar-refractivity contribution >= 4 is 5.97 Å². The monoisotopic (exact) mass is 336 g/mol.